The molecule has 0 N–H and O–H groups in total. The van der Waals surface area contributed by atoms with Gasteiger partial charge in [0.05, 0.1) is 23.2 Å². The number of allylic oxidation sites excluding steroid dienone is 6. The summed E-state index contributed by atoms with van der Waals surface area (Å²) < 4.78 is 3.84. The van der Waals surface area contributed by atoms with Gasteiger partial charge in [-0.15, -0.1) is 11.3 Å². The molecule has 222 valence electrons. The van der Waals surface area contributed by atoms with Crippen LogP contribution >= 0.6 is 11.3 Å². The largest absolute Gasteiger partial charge is 0.313 e. The summed E-state index contributed by atoms with van der Waals surface area (Å²) in [6, 6.07) is 24.5. The first-order chi connectivity index (χ1) is 22.4. The first-order valence-electron chi connectivity index (χ1n) is 16.3. The first-order valence-corrected chi connectivity index (χ1v) is 17.2. The van der Waals surface area contributed by atoms with E-state index in [4.69, 9.17) is 0 Å². The van der Waals surface area contributed by atoms with Crippen LogP contribution in [0.25, 0.3) is 50.0 Å². The summed E-state index contributed by atoms with van der Waals surface area (Å²) >= 11 is 2.00. The van der Waals surface area contributed by atoms with Crippen LogP contribution in [0.3, 0.4) is 0 Å². The Morgan fingerprint density at radius 3 is 2.65 bits per heavy atom. The SMILES string of the molecule is CC1C=Cc2c(c3cc(C#N)ccc3n2C2=CC(C#N)=CCC2C2=Cc3c(sc4c5c(ccc34)-c3ccccc3C5(C)C)CC2)C1. The van der Waals surface area contributed by atoms with Gasteiger partial charge in [-0.2, -0.15) is 10.5 Å². The van der Waals surface area contributed by atoms with Crippen LogP contribution < -0.4 is 0 Å². The summed E-state index contributed by atoms with van der Waals surface area (Å²) in [5.41, 5.74) is 14.6. The molecule has 4 aliphatic carbocycles. The lowest BCUT2D eigenvalue weighted by atomic mass is 9.80. The Morgan fingerprint density at radius 1 is 0.935 bits per heavy atom. The lowest BCUT2D eigenvalue weighted by Crippen LogP contribution is -2.18. The number of fused-ring (bicyclic) bond motifs is 10. The number of nitrogens with zero attached hydrogens (tertiary/aromatic N) is 3. The number of rotatable bonds is 2. The minimum atomic E-state index is -0.0335. The Kier molecular flexibility index (Phi) is 5.84. The van der Waals surface area contributed by atoms with Gasteiger partial charge in [-0.25, -0.2) is 0 Å². The van der Waals surface area contributed by atoms with Gasteiger partial charge >= 0.3 is 0 Å². The quantitative estimate of drug-likeness (QED) is 0.199. The molecule has 5 aromatic rings. The minimum Gasteiger partial charge on any atom is -0.313 e. The van der Waals surface area contributed by atoms with E-state index in [2.05, 4.69) is 116 Å². The molecular formula is C42H33N3S. The van der Waals surface area contributed by atoms with Crippen molar-refractivity contribution in [2.24, 2.45) is 11.8 Å². The molecule has 2 atom stereocenters. The van der Waals surface area contributed by atoms with Crippen LogP contribution in [0, 0.1) is 34.5 Å². The van der Waals surface area contributed by atoms with Gasteiger partial charge in [0.25, 0.3) is 0 Å². The highest BCUT2D eigenvalue weighted by Gasteiger charge is 2.38. The zero-order valence-electron chi connectivity index (χ0n) is 26.3. The Morgan fingerprint density at radius 2 is 1.80 bits per heavy atom. The van der Waals surface area contributed by atoms with E-state index in [-0.39, 0.29) is 11.3 Å². The van der Waals surface area contributed by atoms with Crippen molar-refractivity contribution < 1.29 is 0 Å². The molecule has 0 spiro atoms. The predicted molar refractivity (Wildman–Crippen MR) is 190 cm³/mol. The molecule has 2 aromatic heterocycles. The van der Waals surface area contributed by atoms with E-state index in [1.54, 1.807) is 0 Å². The van der Waals surface area contributed by atoms with E-state index in [0.29, 0.717) is 11.5 Å². The van der Waals surface area contributed by atoms with Crippen LogP contribution in [0.2, 0.25) is 0 Å². The summed E-state index contributed by atoms with van der Waals surface area (Å²) in [6.45, 7) is 7.01. The van der Waals surface area contributed by atoms with Crippen molar-refractivity contribution in [3.05, 3.63) is 122 Å². The maximum Gasteiger partial charge on any atom is 0.0991 e. The fourth-order valence-electron chi connectivity index (χ4n) is 8.69. The maximum atomic E-state index is 10.0. The van der Waals surface area contributed by atoms with Crippen LogP contribution in [0.5, 0.6) is 0 Å². The Bertz CT molecular complexity index is 2390. The zero-order valence-corrected chi connectivity index (χ0v) is 27.1. The number of hydrogen-bond acceptors (Lipinski definition) is 3. The third-order valence-electron chi connectivity index (χ3n) is 10.9. The fourth-order valence-corrected chi connectivity index (χ4v) is 10.2. The van der Waals surface area contributed by atoms with Gasteiger partial charge in [0, 0.05) is 48.6 Å². The van der Waals surface area contributed by atoms with E-state index in [1.807, 2.05) is 17.4 Å². The second-order valence-electron chi connectivity index (χ2n) is 13.9. The fraction of sp³-hybridized carbons (Fsp3) is 0.238. The number of aromatic nitrogens is 1. The van der Waals surface area contributed by atoms with Gasteiger partial charge in [-0.3, -0.25) is 0 Å². The van der Waals surface area contributed by atoms with E-state index >= 15 is 0 Å². The van der Waals surface area contributed by atoms with Crippen LogP contribution in [-0.2, 0) is 18.3 Å². The highest BCUT2D eigenvalue weighted by molar-refractivity contribution is 7.19. The van der Waals surface area contributed by atoms with Crippen molar-refractivity contribution in [2.75, 3.05) is 0 Å². The molecule has 4 heteroatoms. The highest BCUT2D eigenvalue weighted by Crippen LogP contribution is 2.54. The zero-order chi connectivity index (χ0) is 31.3. The van der Waals surface area contributed by atoms with Crippen LogP contribution in [0.4, 0.5) is 0 Å². The molecule has 3 nitrogen and oxygen atoms in total. The second kappa shape index (κ2) is 9.80. The van der Waals surface area contributed by atoms with Crippen molar-refractivity contribution in [3.8, 4) is 23.3 Å². The van der Waals surface area contributed by atoms with Gasteiger partial charge in [-0.1, -0.05) is 81.0 Å². The van der Waals surface area contributed by atoms with E-state index in [1.165, 1.54) is 65.3 Å². The molecule has 4 aliphatic rings. The third kappa shape index (κ3) is 3.75. The van der Waals surface area contributed by atoms with Crippen molar-refractivity contribution in [1.29, 1.82) is 10.5 Å². The Balaban J connectivity index is 1.21. The predicted octanol–water partition coefficient (Wildman–Crippen LogP) is 10.6. The molecule has 0 amide bonds. The van der Waals surface area contributed by atoms with Gasteiger partial charge in [0.1, 0.15) is 0 Å². The molecule has 3 aromatic carbocycles. The average molecular weight is 612 g/mol. The second-order valence-corrected chi connectivity index (χ2v) is 15.0. The highest BCUT2D eigenvalue weighted by atomic mass is 32.1. The third-order valence-corrected chi connectivity index (χ3v) is 12.2. The van der Waals surface area contributed by atoms with Crippen molar-refractivity contribution >= 4 is 50.2 Å². The van der Waals surface area contributed by atoms with E-state index in [0.717, 1.165) is 42.2 Å². The Labute approximate surface area is 273 Å². The smallest absolute Gasteiger partial charge is 0.0991 e. The van der Waals surface area contributed by atoms with E-state index in [9.17, 15) is 10.5 Å². The monoisotopic (exact) mass is 611 g/mol. The number of benzene rings is 3. The van der Waals surface area contributed by atoms with Gasteiger partial charge in [-0.05, 0) is 95.3 Å². The molecule has 0 bridgehead atoms. The standard InChI is InChI=1S/C42H33N3S/c1-24-8-15-36-32(18-24)33-19-25(22-43)10-16-37(33)45(36)38-20-26(23-44)9-12-28(38)27-11-17-39-34(21-27)31-14-13-30-29-6-4-5-7-35(29)42(2,3)40(30)41(31)46-39/h4-10,13-16,19-21,24,28H,11-12,17-18H2,1-3H3. The minimum absolute atomic E-state index is 0.0335. The van der Waals surface area contributed by atoms with Gasteiger partial charge in [0.2, 0.25) is 0 Å². The normalized spacial score (nSPS) is 20.6. The van der Waals surface area contributed by atoms with Crippen LogP contribution in [0.1, 0.15) is 72.0 Å². The molecule has 0 saturated heterocycles. The van der Waals surface area contributed by atoms with Gasteiger partial charge < -0.3 is 4.57 Å². The molecule has 0 radical (unpaired) electrons. The maximum absolute atomic E-state index is 10.0. The Hall–Kier alpha value is -4.90. The lowest BCUT2D eigenvalue weighted by molar-refractivity contribution is 0.667. The molecule has 46 heavy (non-hydrogen) atoms. The molecular weight excluding hydrogens is 579 g/mol. The summed E-state index contributed by atoms with van der Waals surface area (Å²) in [5.74, 6) is 0.604. The first kappa shape index (κ1) is 27.4. The summed E-state index contributed by atoms with van der Waals surface area (Å²) in [6.07, 6.45) is 15.1. The van der Waals surface area contributed by atoms with Crippen molar-refractivity contribution in [3.63, 3.8) is 0 Å². The van der Waals surface area contributed by atoms with Crippen LogP contribution in [-0.4, -0.2) is 4.57 Å². The van der Waals surface area contributed by atoms with E-state index < -0.39 is 0 Å². The molecule has 9 rings (SSSR count). The van der Waals surface area contributed by atoms with Crippen LogP contribution in [0.15, 0.2) is 84.0 Å². The van der Waals surface area contributed by atoms with Crippen molar-refractivity contribution in [2.45, 2.75) is 51.9 Å². The topological polar surface area (TPSA) is 52.5 Å². The summed E-state index contributed by atoms with van der Waals surface area (Å²) in [5, 5.41) is 22.3. The molecule has 2 unspecified atom stereocenters. The van der Waals surface area contributed by atoms with Crippen molar-refractivity contribution in [1.82, 2.24) is 4.57 Å². The number of aryl methyl sites for hydroxylation is 1. The number of nitriles is 2. The molecule has 2 heterocycles. The average Bonchev–Trinajstić information content (AvgIpc) is 3.69. The number of hydrogen-bond donors (Lipinski definition) is 0. The number of thiophene rings is 1. The summed E-state index contributed by atoms with van der Waals surface area (Å²) in [7, 11) is 0. The lowest BCUT2D eigenvalue weighted by Gasteiger charge is -2.30. The summed E-state index contributed by atoms with van der Waals surface area (Å²) in [4.78, 5) is 1.48. The molecule has 0 fully saturated rings. The molecule has 0 aliphatic heterocycles. The molecule has 0 saturated carbocycles. The van der Waals surface area contributed by atoms with Gasteiger partial charge in [0.15, 0.2) is 0 Å².